The second-order valence-electron chi connectivity index (χ2n) is 5.63. The van der Waals surface area contributed by atoms with E-state index < -0.39 is 42.3 Å². The van der Waals surface area contributed by atoms with Crippen molar-refractivity contribution in [2.45, 2.75) is 52.1 Å². The number of nitrogens with zero attached hydrogens (tertiary/aromatic N) is 1. The quantitative estimate of drug-likeness (QED) is 0.483. The molecule has 0 unspecified atom stereocenters. The Balaban J connectivity index is 2.70. The zero-order chi connectivity index (χ0) is 17.6. The van der Waals surface area contributed by atoms with Gasteiger partial charge in [0.15, 0.2) is 0 Å². The standard InChI is InChI=1S/C15H25N3O5/c1-4-9(3)13(16)14(21)17-10-6-7-11(19)18(15(10)22)8-12(20)23-5-2/h9-10,13H,4-8,16H2,1-3H3,(H,17,21)/t9-,10+,13+/m1/s1. The highest BCUT2D eigenvalue weighted by Crippen LogP contribution is 2.14. The molecule has 1 saturated heterocycles. The van der Waals surface area contributed by atoms with Crippen molar-refractivity contribution in [2.24, 2.45) is 11.7 Å². The van der Waals surface area contributed by atoms with Crippen molar-refractivity contribution in [2.75, 3.05) is 13.2 Å². The molecule has 8 nitrogen and oxygen atoms in total. The van der Waals surface area contributed by atoms with Crippen molar-refractivity contribution < 1.29 is 23.9 Å². The zero-order valence-corrected chi connectivity index (χ0v) is 13.8. The van der Waals surface area contributed by atoms with Gasteiger partial charge in [0.1, 0.15) is 12.6 Å². The molecule has 0 radical (unpaired) electrons. The molecule has 8 heteroatoms. The normalized spacial score (nSPS) is 20.9. The van der Waals surface area contributed by atoms with E-state index in [2.05, 4.69) is 5.32 Å². The van der Waals surface area contributed by atoms with Gasteiger partial charge in [0.25, 0.3) is 5.91 Å². The number of likely N-dealkylation sites (tertiary alicyclic amines) is 1. The average Bonchev–Trinajstić information content (AvgIpc) is 2.52. The molecule has 1 rings (SSSR count). The van der Waals surface area contributed by atoms with Gasteiger partial charge in [0.05, 0.1) is 12.6 Å². The Morgan fingerprint density at radius 1 is 1.39 bits per heavy atom. The minimum absolute atomic E-state index is 0.0223. The van der Waals surface area contributed by atoms with E-state index in [-0.39, 0.29) is 25.4 Å². The van der Waals surface area contributed by atoms with Crippen molar-refractivity contribution in [3.8, 4) is 0 Å². The van der Waals surface area contributed by atoms with Crippen molar-refractivity contribution in [1.82, 2.24) is 10.2 Å². The molecule has 0 aliphatic carbocycles. The molecule has 1 aliphatic heterocycles. The van der Waals surface area contributed by atoms with Gasteiger partial charge in [-0.25, -0.2) is 0 Å². The summed E-state index contributed by atoms with van der Waals surface area (Å²) in [5.74, 6) is -2.15. The fraction of sp³-hybridized carbons (Fsp3) is 0.733. The van der Waals surface area contributed by atoms with Gasteiger partial charge in [0.2, 0.25) is 11.8 Å². The molecule has 0 aromatic heterocycles. The number of nitrogens with one attached hydrogen (secondary N) is 1. The predicted molar refractivity (Wildman–Crippen MR) is 81.9 cm³/mol. The second-order valence-corrected chi connectivity index (χ2v) is 5.63. The molecule has 0 aromatic carbocycles. The van der Waals surface area contributed by atoms with Crippen molar-refractivity contribution in [1.29, 1.82) is 0 Å². The third kappa shape index (κ3) is 5.02. The molecule has 0 aromatic rings. The molecule has 1 heterocycles. The smallest absolute Gasteiger partial charge is 0.326 e. The monoisotopic (exact) mass is 327 g/mol. The van der Waals surface area contributed by atoms with Gasteiger partial charge in [-0.1, -0.05) is 20.3 Å². The first-order valence-electron chi connectivity index (χ1n) is 7.87. The van der Waals surface area contributed by atoms with Crippen LogP contribution < -0.4 is 11.1 Å². The van der Waals surface area contributed by atoms with Crippen molar-refractivity contribution >= 4 is 23.7 Å². The molecule has 3 N–H and O–H groups in total. The maximum atomic E-state index is 12.3. The van der Waals surface area contributed by atoms with Gasteiger partial charge in [0, 0.05) is 6.42 Å². The molecular weight excluding hydrogens is 302 g/mol. The second kappa shape index (κ2) is 8.61. The highest BCUT2D eigenvalue weighted by molar-refractivity contribution is 6.04. The fourth-order valence-electron chi connectivity index (χ4n) is 2.25. The summed E-state index contributed by atoms with van der Waals surface area (Å²) < 4.78 is 4.75. The van der Waals surface area contributed by atoms with Gasteiger partial charge < -0.3 is 15.8 Å². The molecule has 3 atom stereocenters. The third-order valence-electron chi connectivity index (χ3n) is 3.98. The van der Waals surface area contributed by atoms with Crippen LogP contribution in [0.4, 0.5) is 0 Å². The molecule has 0 spiro atoms. The van der Waals surface area contributed by atoms with Crippen LogP contribution in [-0.2, 0) is 23.9 Å². The molecule has 3 amide bonds. The molecule has 130 valence electrons. The summed E-state index contributed by atoms with van der Waals surface area (Å²) in [5, 5.41) is 2.58. The number of imide groups is 1. The summed E-state index contributed by atoms with van der Waals surface area (Å²) in [6, 6.07) is -1.56. The molecule has 0 bridgehead atoms. The first-order chi connectivity index (χ1) is 10.8. The van der Waals surface area contributed by atoms with Gasteiger partial charge >= 0.3 is 5.97 Å². The van der Waals surface area contributed by atoms with Gasteiger partial charge in [-0.05, 0) is 19.3 Å². The molecule has 1 fully saturated rings. The Kier molecular flexibility index (Phi) is 7.15. The summed E-state index contributed by atoms with van der Waals surface area (Å²) in [4.78, 5) is 48.6. The number of hydrogen-bond donors (Lipinski definition) is 2. The number of piperidine rings is 1. The van der Waals surface area contributed by atoms with E-state index in [1.165, 1.54) is 0 Å². The summed E-state index contributed by atoms with van der Waals surface area (Å²) in [6.45, 7) is 5.14. The summed E-state index contributed by atoms with van der Waals surface area (Å²) in [5.41, 5.74) is 5.84. The van der Waals surface area contributed by atoms with E-state index in [1.54, 1.807) is 6.92 Å². The lowest BCUT2D eigenvalue weighted by atomic mass is 9.98. The highest BCUT2D eigenvalue weighted by atomic mass is 16.5. The molecule has 23 heavy (non-hydrogen) atoms. The van der Waals surface area contributed by atoms with Crippen LogP contribution in [0.15, 0.2) is 0 Å². The molecule has 1 aliphatic rings. The van der Waals surface area contributed by atoms with Crippen LogP contribution in [0.25, 0.3) is 0 Å². The van der Waals surface area contributed by atoms with Crippen LogP contribution in [0.2, 0.25) is 0 Å². The number of carbonyl (C=O) groups excluding carboxylic acids is 4. The number of nitrogens with two attached hydrogens (primary N) is 1. The van der Waals surface area contributed by atoms with Crippen molar-refractivity contribution in [3.63, 3.8) is 0 Å². The SMILES string of the molecule is CCOC(=O)CN1C(=O)CC[C@H](NC(=O)[C@@H](N)[C@H](C)CC)C1=O. The number of rotatable bonds is 7. The number of ether oxygens (including phenoxy) is 1. The number of hydrogen-bond acceptors (Lipinski definition) is 6. The van der Waals surface area contributed by atoms with Crippen molar-refractivity contribution in [3.05, 3.63) is 0 Å². The first kappa shape index (κ1) is 19.1. The average molecular weight is 327 g/mol. The maximum Gasteiger partial charge on any atom is 0.326 e. The van der Waals surface area contributed by atoms with E-state index in [9.17, 15) is 19.2 Å². The molecule has 0 saturated carbocycles. The van der Waals surface area contributed by atoms with Crippen LogP contribution in [0, 0.1) is 5.92 Å². The summed E-state index contributed by atoms with van der Waals surface area (Å²) in [7, 11) is 0. The number of esters is 1. The maximum absolute atomic E-state index is 12.3. The molecular formula is C15H25N3O5. The third-order valence-corrected chi connectivity index (χ3v) is 3.98. The minimum atomic E-state index is -0.843. The number of carbonyl (C=O) groups is 4. The Morgan fingerprint density at radius 3 is 2.61 bits per heavy atom. The van der Waals surface area contributed by atoms with Crippen LogP contribution in [0.1, 0.15) is 40.0 Å². The van der Waals surface area contributed by atoms with E-state index >= 15 is 0 Å². The Morgan fingerprint density at radius 2 is 2.04 bits per heavy atom. The van der Waals surface area contributed by atoms with Crippen LogP contribution in [0.5, 0.6) is 0 Å². The number of amides is 3. The Hall–Kier alpha value is -1.96. The van der Waals surface area contributed by atoms with Gasteiger partial charge in [-0.3, -0.25) is 24.1 Å². The first-order valence-corrected chi connectivity index (χ1v) is 7.87. The predicted octanol–water partition coefficient (Wildman–Crippen LogP) is -0.443. The minimum Gasteiger partial charge on any atom is -0.465 e. The fourth-order valence-corrected chi connectivity index (χ4v) is 2.25. The van der Waals surface area contributed by atoms with E-state index in [1.807, 2.05) is 13.8 Å². The van der Waals surface area contributed by atoms with E-state index in [4.69, 9.17) is 10.5 Å². The van der Waals surface area contributed by atoms with Gasteiger partial charge in [-0.15, -0.1) is 0 Å². The lowest BCUT2D eigenvalue weighted by Crippen LogP contribution is -2.58. The Labute approximate surface area is 135 Å². The van der Waals surface area contributed by atoms with E-state index in [0.717, 1.165) is 11.3 Å². The van der Waals surface area contributed by atoms with E-state index in [0.29, 0.717) is 0 Å². The topological polar surface area (TPSA) is 119 Å². The van der Waals surface area contributed by atoms with Crippen LogP contribution in [-0.4, -0.2) is 53.8 Å². The largest absolute Gasteiger partial charge is 0.465 e. The highest BCUT2D eigenvalue weighted by Gasteiger charge is 2.37. The van der Waals surface area contributed by atoms with Gasteiger partial charge in [-0.2, -0.15) is 0 Å². The van der Waals surface area contributed by atoms with Crippen LogP contribution in [0.3, 0.4) is 0 Å². The van der Waals surface area contributed by atoms with Crippen LogP contribution >= 0.6 is 0 Å². The lowest BCUT2D eigenvalue weighted by Gasteiger charge is -2.31. The summed E-state index contributed by atoms with van der Waals surface area (Å²) in [6.07, 6.45) is 1.02. The zero-order valence-electron chi connectivity index (χ0n) is 13.8. The lowest BCUT2D eigenvalue weighted by molar-refractivity contribution is -0.159. The summed E-state index contributed by atoms with van der Waals surface area (Å²) >= 11 is 0. The Bertz CT molecular complexity index is 480.